The van der Waals surface area contributed by atoms with Crippen LogP contribution in [0.3, 0.4) is 0 Å². The number of Topliss-reactive ketones (excluding diaryl/α,β-unsaturated/α-hetero) is 1. The van der Waals surface area contributed by atoms with E-state index in [9.17, 15) is 4.79 Å². The molecule has 1 nitrogen and oxygen atoms in total. The van der Waals surface area contributed by atoms with Crippen LogP contribution in [0.2, 0.25) is 4.34 Å². The molecule has 3 rings (SSSR count). The van der Waals surface area contributed by atoms with Crippen LogP contribution in [0.5, 0.6) is 0 Å². The molecule has 3 heteroatoms. The van der Waals surface area contributed by atoms with E-state index in [1.54, 1.807) is 0 Å². The summed E-state index contributed by atoms with van der Waals surface area (Å²) in [6, 6.07) is 11.6. The first-order chi connectivity index (χ1) is 8.24. The molecule has 0 spiro atoms. The summed E-state index contributed by atoms with van der Waals surface area (Å²) in [5.41, 5.74) is 2.80. The van der Waals surface area contributed by atoms with Crippen molar-refractivity contribution in [3.05, 3.63) is 62.3 Å². The predicted octanol–water partition coefficient (Wildman–Crippen LogP) is 4.22. The predicted molar refractivity (Wildman–Crippen MR) is 71.8 cm³/mol. The Morgan fingerprint density at radius 1 is 1.18 bits per heavy atom. The van der Waals surface area contributed by atoms with Gasteiger partial charge in [-0.15, -0.1) is 11.3 Å². The van der Waals surface area contributed by atoms with E-state index in [2.05, 4.69) is 0 Å². The molecule has 1 aromatic heterocycles. The van der Waals surface area contributed by atoms with Gasteiger partial charge in [-0.05, 0) is 23.8 Å². The van der Waals surface area contributed by atoms with Crippen molar-refractivity contribution in [2.24, 2.45) is 0 Å². The second-order valence-corrected chi connectivity index (χ2v) is 5.72. The molecule has 1 aromatic carbocycles. The molecule has 84 valence electrons. The van der Waals surface area contributed by atoms with E-state index in [0.29, 0.717) is 0 Å². The fourth-order valence-electron chi connectivity index (χ4n) is 2.05. The average molecular weight is 261 g/mol. The van der Waals surface area contributed by atoms with Crippen molar-refractivity contribution in [3.63, 3.8) is 0 Å². The van der Waals surface area contributed by atoms with Crippen molar-refractivity contribution in [1.82, 2.24) is 0 Å². The van der Waals surface area contributed by atoms with E-state index in [1.807, 2.05) is 42.5 Å². The number of hydrogen-bond donors (Lipinski definition) is 0. The highest BCUT2D eigenvalue weighted by Gasteiger charge is 2.23. The molecule has 0 unspecified atom stereocenters. The van der Waals surface area contributed by atoms with Crippen LogP contribution in [-0.2, 0) is 6.42 Å². The number of fused-ring (bicyclic) bond motifs is 1. The summed E-state index contributed by atoms with van der Waals surface area (Å²) in [5, 5.41) is 0. The van der Waals surface area contributed by atoms with E-state index >= 15 is 0 Å². The van der Waals surface area contributed by atoms with Gasteiger partial charge in [-0.2, -0.15) is 0 Å². The van der Waals surface area contributed by atoms with Gasteiger partial charge in [0.05, 0.1) is 4.34 Å². The normalized spacial score (nSPS) is 16.5. The van der Waals surface area contributed by atoms with Crippen LogP contribution in [-0.4, -0.2) is 5.78 Å². The standard InChI is InChI=1S/C14H9ClOS/c15-13-6-5-11(17-13)8-10-7-9-3-1-2-4-12(9)14(10)16/h1-6,8H,7H2. The van der Waals surface area contributed by atoms with Gasteiger partial charge in [0.2, 0.25) is 0 Å². The molecule has 1 heterocycles. The van der Waals surface area contributed by atoms with Gasteiger partial charge in [0, 0.05) is 22.4 Å². The summed E-state index contributed by atoms with van der Waals surface area (Å²) in [4.78, 5) is 13.1. The number of rotatable bonds is 1. The number of allylic oxidation sites excluding steroid dienone is 1. The fourth-order valence-corrected chi connectivity index (χ4v) is 3.08. The molecule has 0 bridgehead atoms. The number of hydrogen-bond acceptors (Lipinski definition) is 2. The van der Waals surface area contributed by atoms with Crippen molar-refractivity contribution in [1.29, 1.82) is 0 Å². The third-order valence-corrected chi connectivity index (χ3v) is 4.02. The van der Waals surface area contributed by atoms with Gasteiger partial charge in [0.1, 0.15) is 0 Å². The largest absolute Gasteiger partial charge is 0.289 e. The second kappa shape index (κ2) is 4.13. The maximum Gasteiger partial charge on any atom is 0.189 e. The number of carbonyl (C=O) groups excluding carboxylic acids is 1. The molecule has 0 N–H and O–H groups in total. The van der Waals surface area contributed by atoms with Crippen molar-refractivity contribution >= 4 is 34.8 Å². The number of ketones is 1. The molecule has 0 aliphatic heterocycles. The van der Waals surface area contributed by atoms with Crippen LogP contribution in [0, 0.1) is 0 Å². The zero-order chi connectivity index (χ0) is 11.8. The number of carbonyl (C=O) groups is 1. The molecular weight excluding hydrogens is 252 g/mol. The fraction of sp³-hybridized carbons (Fsp3) is 0.0714. The van der Waals surface area contributed by atoms with Gasteiger partial charge in [-0.1, -0.05) is 35.9 Å². The van der Waals surface area contributed by atoms with Crippen molar-refractivity contribution in [2.75, 3.05) is 0 Å². The Labute approximate surface area is 108 Å². The lowest BCUT2D eigenvalue weighted by atomic mass is 10.1. The Balaban J connectivity index is 1.99. The lowest BCUT2D eigenvalue weighted by Gasteiger charge is -1.92. The smallest absolute Gasteiger partial charge is 0.189 e. The molecular formula is C14H9ClOS. The highest BCUT2D eigenvalue weighted by atomic mass is 35.5. The number of benzene rings is 1. The molecule has 0 radical (unpaired) electrons. The van der Waals surface area contributed by atoms with Gasteiger partial charge >= 0.3 is 0 Å². The summed E-state index contributed by atoms with van der Waals surface area (Å²) < 4.78 is 0.750. The van der Waals surface area contributed by atoms with Gasteiger partial charge in [-0.25, -0.2) is 0 Å². The van der Waals surface area contributed by atoms with E-state index in [4.69, 9.17) is 11.6 Å². The molecule has 0 saturated carbocycles. The highest BCUT2D eigenvalue weighted by Crippen LogP contribution is 2.30. The van der Waals surface area contributed by atoms with Crippen LogP contribution >= 0.6 is 22.9 Å². The summed E-state index contributed by atoms with van der Waals surface area (Å²) in [6.07, 6.45) is 2.67. The molecule has 0 saturated heterocycles. The van der Waals surface area contributed by atoms with Gasteiger partial charge in [0.15, 0.2) is 5.78 Å². The zero-order valence-corrected chi connectivity index (χ0v) is 10.5. The second-order valence-electron chi connectivity index (χ2n) is 3.97. The third kappa shape index (κ3) is 1.94. The van der Waals surface area contributed by atoms with Gasteiger partial charge in [-0.3, -0.25) is 4.79 Å². The quantitative estimate of drug-likeness (QED) is 0.702. The molecule has 1 aliphatic carbocycles. The molecule has 1 aliphatic rings. The van der Waals surface area contributed by atoms with Crippen LogP contribution in [0.1, 0.15) is 20.8 Å². The van der Waals surface area contributed by atoms with E-state index in [-0.39, 0.29) is 5.78 Å². The maximum atomic E-state index is 12.1. The SMILES string of the molecule is O=C1C(=Cc2ccc(Cl)s2)Cc2ccccc21. The lowest BCUT2D eigenvalue weighted by molar-refractivity contribution is 0.104. The summed E-state index contributed by atoms with van der Waals surface area (Å²) in [7, 11) is 0. The molecule has 0 amide bonds. The summed E-state index contributed by atoms with van der Waals surface area (Å²) >= 11 is 7.37. The van der Waals surface area contributed by atoms with Gasteiger partial charge < -0.3 is 0 Å². The van der Waals surface area contributed by atoms with E-state index in [1.165, 1.54) is 11.3 Å². The minimum atomic E-state index is 0.144. The Bertz CT molecular complexity index is 625. The molecule has 0 fully saturated rings. The van der Waals surface area contributed by atoms with Crippen molar-refractivity contribution in [2.45, 2.75) is 6.42 Å². The molecule has 17 heavy (non-hydrogen) atoms. The number of halogens is 1. The Hall–Kier alpha value is -1.38. The first-order valence-electron chi connectivity index (χ1n) is 5.32. The third-order valence-electron chi connectivity index (χ3n) is 2.85. The Morgan fingerprint density at radius 2 is 2.00 bits per heavy atom. The molecule has 2 aromatic rings. The Kier molecular flexibility index (Phi) is 2.61. The van der Waals surface area contributed by atoms with E-state index < -0.39 is 0 Å². The minimum Gasteiger partial charge on any atom is -0.289 e. The van der Waals surface area contributed by atoms with E-state index in [0.717, 1.165) is 32.3 Å². The summed E-state index contributed by atoms with van der Waals surface area (Å²) in [6.45, 7) is 0. The maximum absolute atomic E-state index is 12.1. The first kappa shape index (κ1) is 10.8. The topological polar surface area (TPSA) is 17.1 Å². The van der Waals surface area contributed by atoms with Crippen LogP contribution in [0.4, 0.5) is 0 Å². The van der Waals surface area contributed by atoms with Crippen LogP contribution in [0.25, 0.3) is 6.08 Å². The minimum absolute atomic E-state index is 0.144. The van der Waals surface area contributed by atoms with Crippen LogP contribution < -0.4 is 0 Å². The van der Waals surface area contributed by atoms with Gasteiger partial charge in [0.25, 0.3) is 0 Å². The Morgan fingerprint density at radius 3 is 2.71 bits per heavy atom. The highest BCUT2D eigenvalue weighted by molar-refractivity contribution is 7.17. The monoisotopic (exact) mass is 260 g/mol. The summed E-state index contributed by atoms with van der Waals surface area (Å²) in [5.74, 6) is 0.144. The molecule has 0 atom stereocenters. The zero-order valence-electron chi connectivity index (χ0n) is 8.94. The van der Waals surface area contributed by atoms with Crippen molar-refractivity contribution < 1.29 is 4.79 Å². The lowest BCUT2D eigenvalue weighted by Crippen LogP contribution is -1.94. The van der Waals surface area contributed by atoms with Crippen molar-refractivity contribution in [3.8, 4) is 0 Å². The average Bonchev–Trinajstić information content (AvgIpc) is 2.86. The van der Waals surface area contributed by atoms with Crippen LogP contribution in [0.15, 0.2) is 42.0 Å². The first-order valence-corrected chi connectivity index (χ1v) is 6.52. The number of thiophene rings is 1.